The molecule has 0 aliphatic heterocycles. The number of benzene rings is 1. The van der Waals surface area contributed by atoms with Crippen molar-refractivity contribution < 1.29 is 22.0 Å². The summed E-state index contributed by atoms with van der Waals surface area (Å²) in [5.74, 6) is -3.16. The van der Waals surface area contributed by atoms with Crippen molar-refractivity contribution >= 4 is 12.2 Å². The van der Waals surface area contributed by atoms with Gasteiger partial charge in [-0.1, -0.05) is 12.1 Å². The van der Waals surface area contributed by atoms with E-state index in [1.165, 1.54) is 6.20 Å². The molecule has 0 saturated carbocycles. The highest BCUT2D eigenvalue weighted by molar-refractivity contribution is 6.04. The molecule has 0 fully saturated rings. The molecular formula is C22H18F5N9. The summed E-state index contributed by atoms with van der Waals surface area (Å²) in [4.78, 5) is 13.6. The van der Waals surface area contributed by atoms with Crippen molar-refractivity contribution in [2.24, 2.45) is 10.7 Å². The number of halogens is 5. The molecular weight excluding hydrogens is 485 g/mol. The Hall–Kier alpha value is -4.49. The van der Waals surface area contributed by atoms with E-state index in [-0.39, 0.29) is 22.8 Å². The van der Waals surface area contributed by atoms with Crippen LogP contribution in [0.3, 0.4) is 0 Å². The van der Waals surface area contributed by atoms with Crippen LogP contribution in [0.15, 0.2) is 47.8 Å². The summed E-state index contributed by atoms with van der Waals surface area (Å²) in [7, 11) is 0. The monoisotopic (exact) mass is 503 g/mol. The highest BCUT2D eigenvalue weighted by atomic mass is 19.4. The minimum Gasteiger partial charge on any atom is -0.382 e. The molecule has 0 bridgehead atoms. The molecule has 9 nitrogen and oxygen atoms in total. The van der Waals surface area contributed by atoms with Gasteiger partial charge in [-0.15, -0.1) is 5.10 Å². The SMILES string of the molecule is CCC(c1cn(-c2cc(F)ccc2F)nn1)c1cc(-c2cnc(C(F)(F)F)nc2)c(/C(N)=N\C=N)[nH]1. The third-order valence-electron chi connectivity index (χ3n) is 5.32. The maximum atomic E-state index is 14.2. The Bertz CT molecular complexity index is 1420. The van der Waals surface area contributed by atoms with Crippen molar-refractivity contribution in [3.63, 3.8) is 0 Å². The van der Waals surface area contributed by atoms with Gasteiger partial charge in [-0.25, -0.2) is 28.4 Å². The number of aromatic amines is 1. The number of hydrogen-bond acceptors (Lipinski definition) is 5. The van der Waals surface area contributed by atoms with E-state index in [4.69, 9.17) is 11.1 Å². The van der Waals surface area contributed by atoms with Crippen LogP contribution in [0, 0.1) is 17.0 Å². The fourth-order valence-electron chi connectivity index (χ4n) is 3.64. The molecule has 0 aliphatic carbocycles. The number of H-pyrrole nitrogens is 1. The van der Waals surface area contributed by atoms with Crippen LogP contribution in [0.2, 0.25) is 0 Å². The maximum absolute atomic E-state index is 14.2. The van der Waals surface area contributed by atoms with Crippen molar-refractivity contribution in [1.29, 1.82) is 5.41 Å². The summed E-state index contributed by atoms with van der Waals surface area (Å²) in [6, 6.07) is 4.57. The van der Waals surface area contributed by atoms with Gasteiger partial charge in [-0.2, -0.15) is 13.2 Å². The molecule has 0 saturated heterocycles. The van der Waals surface area contributed by atoms with Crippen LogP contribution in [0.25, 0.3) is 16.8 Å². The smallest absolute Gasteiger partial charge is 0.382 e. The zero-order valence-corrected chi connectivity index (χ0v) is 18.6. The average Bonchev–Trinajstić information content (AvgIpc) is 3.49. The normalized spacial score (nSPS) is 13.1. The quantitative estimate of drug-likeness (QED) is 0.197. The van der Waals surface area contributed by atoms with Gasteiger partial charge in [-0.05, 0) is 24.6 Å². The lowest BCUT2D eigenvalue weighted by molar-refractivity contribution is -0.144. The fraction of sp³-hybridized carbons (Fsp3) is 0.182. The minimum atomic E-state index is -4.70. The van der Waals surface area contributed by atoms with Gasteiger partial charge in [0.1, 0.15) is 29.5 Å². The summed E-state index contributed by atoms with van der Waals surface area (Å²) in [6.45, 7) is 1.85. The molecule has 4 rings (SSSR count). The number of nitrogens with two attached hydrogens (primary N) is 1. The Labute approximate surface area is 200 Å². The Morgan fingerprint density at radius 3 is 2.58 bits per heavy atom. The first kappa shape index (κ1) is 24.6. The largest absolute Gasteiger partial charge is 0.451 e. The molecule has 0 spiro atoms. The van der Waals surface area contributed by atoms with Crippen molar-refractivity contribution in [2.75, 3.05) is 0 Å². The standard InChI is InChI=1S/C22H18F5N9/c1-2-13(17-9-36(35-34-17)18-5-12(23)3-4-15(18)24)16-6-14(19(33-16)20(29)32-10-28)11-7-30-21(31-8-11)22(25,26)27/h3-10,13,33H,2H2,1H3,(H3,28,29,32). The Morgan fingerprint density at radius 1 is 1.22 bits per heavy atom. The van der Waals surface area contributed by atoms with Gasteiger partial charge < -0.3 is 10.7 Å². The van der Waals surface area contributed by atoms with E-state index in [1.807, 2.05) is 6.92 Å². The summed E-state index contributed by atoms with van der Waals surface area (Å²) in [5, 5.41) is 15.2. The van der Waals surface area contributed by atoms with Gasteiger partial charge in [0.15, 0.2) is 0 Å². The number of aliphatic imine (C=N–C) groups is 1. The van der Waals surface area contributed by atoms with Gasteiger partial charge in [0.05, 0.1) is 17.6 Å². The zero-order valence-electron chi connectivity index (χ0n) is 18.6. The number of rotatable bonds is 7. The zero-order chi connectivity index (χ0) is 26.0. The van der Waals surface area contributed by atoms with Crippen LogP contribution >= 0.6 is 0 Å². The lowest BCUT2D eigenvalue weighted by atomic mass is 9.98. The van der Waals surface area contributed by atoms with Crippen LogP contribution in [-0.2, 0) is 6.18 Å². The Balaban J connectivity index is 1.77. The number of alkyl halides is 3. The van der Waals surface area contributed by atoms with E-state index < -0.39 is 29.6 Å². The van der Waals surface area contributed by atoms with Crippen molar-refractivity contribution in [3.05, 3.63) is 77.4 Å². The van der Waals surface area contributed by atoms with E-state index >= 15 is 0 Å². The summed E-state index contributed by atoms with van der Waals surface area (Å²) in [6.07, 6.45) is -0.0376. The van der Waals surface area contributed by atoms with Gasteiger partial charge >= 0.3 is 6.18 Å². The predicted octanol–water partition coefficient (Wildman–Crippen LogP) is 4.20. The van der Waals surface area contributed by atoms with Gasteiger partial charge in [0, 0.05) is 41.2 Å². The van der Waals surface area contributed by atoms with Gasteiger partial charge in [0.25, 0.3) is 0 Å². The number of nitrogens with one attached hydrogen (secondary N) is 2. The lowest BCUT2D eigenvalue weighted by Gasteiger charge is -2.09. The molecule has 1 unspecified atom stereocenters. The summed E-state index contributed by atoms with van der Waals surface area (Å²) in [5.41, 5.74) is 7.62. The highest BCUT2D eigenvalue weighted by Gasteiger charge is 2.34. The van der Waals surface area contributed by atoms with E-state index in [0.29, 0.717) is 23.4 Å². The van der Waals surface area contributed by atoms with Crippen LogP contribution in [0.4, 0.5) is 22.0 Å². The van der Waals surface area contributed by atoms with Gasteiger partial charge in [0.2, 0.25) is 5.82 Å². The predicted molar refractivity (Wildman–Crippen MR) is 120 cm³/mol. The van der Waals surface area contributed by atoms with E-state index in [9.17, 15) is 22.0 Å². The third kappa shape index (κ3) is 4.82. The van der Waals surface area contributed by atoms with Gasteiger partial charge in [-0.3, -0.25) is 5.41 Å². The molecule has 4 N–H and O–H groups in total. The number of amidine groups is 1. The molecule has 0 amide bonds. The van der Waals surface area contributed by atoms with Crippen molar-refractivity contribution in [2.45, 2.75) is 25.4 Å². The first-order valence-electron chi connectivity index (χ1n) is 10.4. The molecule has 1 atom stereocenters. The molecule has 3 heterocycles. The topological polar surface area (TPSA) is 135 Å². The van der Waals surface area contributed by atoms with Crippen LogP contribution in [0.1, 0.15) is 42.2 Å². The van der Waals surface area contributed by atoms with Crippen molar-refractivity contribution in [3.8, 4) is 16.8 Å². The van der Waals surface area contributed by atoms with Crippen LogP contribution < -0.4 is 5.73 Å². The summed E-state index contributed by atoms with van der Waals surface area (Å²) < 4.78 is 67.6. The first-order valence-corrected chi connectivity index (χ1v) is 10.4. The molecule has 0 radical (unpaired) electrons. The molecule has 3 aromatic heterocycles. The molecule has 1 aromatic carbocycles. The maximum Gasteiger partial charge on any atom is 0.451 e. The van der Waals surface area contributed by atoms with E-state index in [2.05, 4.69) is 30.3 Å². The number of hydrogen-bond donors (Lipinski definition) is 3. The second-order valence-electron chi connectivity index (χ2n) is 7.59. The molecule has 36 heavy (non-hydrogen) atoms. The molecule has 0 aliphatic rings. The third-order valence-corrected chi connectivity index (χ3v) is 5.32. The fourth-order valence-corrected chi connectivity index (χ4v) is 3.64. The second kappa shape index (κ2) is 9.64. The first-order chi connectivity index (χ1) is 17.1. The summed E-state index contributed by atoms with van der Waals surface area (Å²) >= 11 is 0. The number of nitrogens with zero attached hydrogens (tertiary/aromatic N) is 6. The van der Waals surface area contributed by atoms with Crippen molar-refractivity contribution in [1.82, 2.24) is 29.9 Å². The Kier molecular flexibility index (Phi) is 6.59. The number of aromatic nitrogens is 6. The molecule has 186 valence electrons. The highest BCUT2D eigenvalue weighted by Crippen LogP contribution is 2.33. The average molecular weight is 503 g/mol. The lowest BCUT2D eigenvalue weighted by Crippen LogP contribution is -2.16. The van der Waals surface area contributed by atoms with E-state index in [0.717, 1.165) is 41.6 Å². The molecule has 4 aromatic rings. The minimum absolute atomic E-state index is 0.0912. The molecule has 14 heteroatoms. The van der Waals surface area contributed by atoms with Crippen LogP contribution in [0.5, 0.6) is 0 Å². The Morgan fingerprint density at radius 2 is 1.94 bits per heavy atom. The second-order valence-corrected chi connectivity index (χ2v) is 7.59. The van der Waals surface area contributed by atoms with Crippen LogP contribution in [-0.4, -0.2) is 42.1 Å². The van der Waals surface area contributed by atoms with E-state index in [1.54, 1.807) is 6.07 Å².